The van der Waals surface area contributed by atoms with Crippen molar-refractivity contribution in [1.29, 1.82) is 0 Å². The fourth-order valence-corrected chi connectivity index (χ4v) is 0.604. The molecule has 0 bridgehead atoms. The van der Waals surface area contributed by atoms with E-state index in [-0.39, 0.29) is 17.1 Å². The molecule has 0 aromatic carbocycles. The van der Waals surface area contributed by atoms with E-state index in [0.29, 0.717) is 0 Å². The molecule has 1 saturated heterocycles. The van der Waals surface area contributed by atoms with E-state index >= 15 is 0 Å². The van der Waals surface area contributed by atoms with Crippen molar-refractivity contribution >= 4 is 0 Å². The van der Waals surface area contributed by atoms with Gasteiger partial charge >= 0.3 is 0 Å². The molecular weight excluding hydrogens is 140 g/mol. The molecule has 1 aliphatic heterocycles. The van der Waals surface area contributed by atoms with Crippen molar-refractivity contribution < 1.29 is 17.1 Å². The first-order valence-electron chi connectivity index (χ1n) is 2.41. The van der Waals surface area contributed by atoms with Gasteiger partial charge in [-0.15, -0.1) is 0 Å². The van der Waals surface area contributed by atoms with Crippen molar-refractivity contribution in [3.05, 3.63) is 0 Å². The summed E-state index contributed by atoms with van der Waals surface area (Å²) in [5.41, 5.74) is 0. The van der Waals surface area contributed by atoms with Crippen LogP contribution in [0.15, 0.2) is 0 Å². The molecule has 0 amide bonds. The van der Waals surface area contributed by atoms with Crippen molar-refractivity contribution in [2.75, 3.05) is 26.2 Å². The predicted molar refractivity (Wildman–Crippen MR) is 25.7 cm³/mol. The van der Waals surface area contributed by atoms with Gasteiger partial charge in [-0.2, -0.15) is 0 Å². The van der Waals surface area contributed by atoms with Crippen LogP contribution < -0.4 is 10.6 Å². The minimum absolute atomic E-state index is 0. The second-order valence-corrected chi connectivity index (χ2v) is 1.50. The molecule has 2 nitrogen and oxygen atoms in total. The van der Waals surface area contributed by atoms with Crippen LogP contribution >= 0.6 is 0 Å². The minimum Gasteiger partial charge on any atom is -0.314 e. The minimum atomic E-state index is 0. The summed E-state index contributed by atoms with van der Waals surface area (Å²) in [6.07, 6.45) is 0. The molecule has 1 fully saturated rings. The molecule has 0 aromatic heterocycles. The number of hydrogen-bond donors (Lipinski definition) is 2. The maximum absolute atomic E-state index is 3.22. The summed E-state index contributed by atoms with van der Waals surface area (Å²) in [5, 5.41) is 6.44. The van der Waals surface area contributed by atoms with Crippen LogP contribution in [0.4, 0.5) is 0 Å². The molecule has 1 heterocycles. The van der Waals surface area contributed by atoms with Gasteiger partial charge in [0.1, 0.15) is 0 Å². The van der Waals surface area contributed by atoms with Crippen LogP contribution in [0, 0.1) is 0 Å². The molecule has 0 unspecified atom stereocenters. The molecule has 1 rings (SSSR count). The molecule has 0 saturated carbocycles. The fraction of sp³-hybridized carbons (Fsp3) is 1.00. The van der Waals surface area contributed by atoms with Gasteiger partial charge in [0.2, 0.25) is 0 Å². The first kappa shape index (κ1) is 7.44. The molecule has 0 spiro atoms. The predicted octanol–water partition coefficient (Wildman–Crippen LogP) is -0.823. The van der Waals surface area contributed by atoms with Crippen molar-refractivity contribution in [1.82, 2.24) is 10.6 Å². The van der Waals surface area contributed by atoms with Gasteiger partial charge in [-0.05, 0) is 0 Å². The Morgan fingerprint density at radius 2 is 1.00 bits per heavy atom. The second-order valence-electron chi connectivity index (χ2n) is 1.50. The Hall–Kier alpha value is 0.439. The second kappa shape index (κ2) is 4.59. The van der Waals surface area contributed by atoms with E-state index in [1.54, 1.807) is 0 Å². The topological polar surface area (TPSA) is 24.1 Å². The summed E-state index contributed by atoms with van der Waals surface area (Å²) in [5.74, 6) is 0. The Labute approximate surface area is 54.5 Å². The molecular formula is C4H10CuN2. The Bertz CT molecular complexity index is 25.2. The van der Waals surface area contributed by atoms with Gasteiger partial charge < -0.3 is 10.6 Å². The fourth-order valence-electron chi connectivity index (χ4n) is 0.604. The quantitative estimate of drug-likeness (QED) is 0.440. The van der Waals surface area contributed by atoms with Gasteiger partial charge in [-0.3, -0.25) is 0 Å². The smallest absolute Gasteiger partial charge is 0.00772 e. The molecule has 2 N–H and O–H groups in total. The van der Waals surface area contributed by atoms with E-state index in [0.717, 1.165) is 26.2 Å². The summed E-state index contributed by atoms with van der Waals surface area (Å²) in [6, 6.07) is 0. The summed E-state index contributed by atoms with van der Waals surface area (Å²) < 4.78 is 0. The Kier molecular flexibility index (Phi) is 4.88. The van der Waals surface area contributed by atoms with Crippen molar-refractivity contribution in [3.63, 3.8) is 0 Å². The molecule has 1 radical (unpaired) electrons. The van der Waals surface area contributed by atoms with Gasteiger partial charge in [-0.25, -0.2) is 0 Å². The monoisotopic (exact) mass is 149 g/mol. The Morgan fingerprint density at radius 1 is 0.714 bits per heavy atom. The van der Waals surface area contributed by atoms with E-state index in [1.807, 2.05) is 0 Å². The molecule has 0 aliphatic carbocycles. The molecule has 0 atom stereocenters. The molecule has 0 aromatic rings. The zero-order chi connectivity index (χ0) is 4.24. The molecule has 1 aliphatic rings. The normalized spacial score (nSPS) is 20.6. The van der Waals surface area contributed by atoms with E-state index in [1.165, 1.54) is 0 Å². The zero-order valence-corrected chi connectivity index (χ0v) is 5.07. The molecule has 47 valence electrons. The van der Waals surface area contributed by atoms with Crippen LogP contribution in [0.3, 0.4) is 0 Å². The van der Waals surface area contributed by atoms with Gasteiger partial charge in [0.25, 0.3) is 0 Å². The Balaban J connectivity index is 0.000000360. The largest absolute Gasteiger partial charge is 0.314 e. The first-order chi connectivity index (χ1) is 3.00. The van der Waals surface area contributed by atoms with Crippen molar-refractivity contribution in [2.45, 2.75) is 0 Å². The maximum Gasteiger partial charge on any atom is 0.00772 e. The zero-order valence-electron chi connectivity index (χ0n) is 4.13. The third kappa shape index (κ3) is 3.06. The Morgan fingerprint density at radius 3 is 1.14 bits per heavy atom. The van der Waals surface area contributed by atoms with Crippen LogP contribution in [0.5, 0.6) is 0 Å². The number of rotatable bonds is 0. The van der Waals surface area contributed by atoms with E-state index in [9.17, 15) is 0 Å². The number of hydrogen-bond acceptors (Lipinski definition) is 2. The average molecular weight is 150 g/mol. The third-order valence-corrected chi connectivity index (χ3v) is 0.957. The summed E-state index contributed by atoms with van der Waals surface area (Å²) in [6.45, 7) is 4.56. The van der Waals surface area contributed by atoms with Crippen molar-refractivity contribution in [3.8, 4) is 0 Å². The third-order valence-electron chi connectivity index (χ3n) is 0.957. The maximum atomic E-state index is 3.22. The first-order valence-corrected chi connectivity index (χ1v) is 2.41. The van der Waals surface area contributed by atoms with E-state index in [2.05, 4.69) is 10.6 Å². The van der Waals surface area contributed by atoms with Gasteiger partial charge in [-0.1, -0.05) is 0 Å². The number of piperazine rings is 1. The van der Waals surface area contributed by atoms with Crippen LogP contribution in [0.2, 0.25) is 0 Å². The van der Waals surface area contributed by atoms with Crippen LogP contribution in [0.1, 0.15) is 0 Å². The van der Waals surface area contributed by atoms with Gasteiger partial charge in [0, 0.05) is 43.2 Å². The van der Waals surface area contributed by atoms with Crippen LogP contribution in [-0.2, 0) is 17.1 Å². The van der Waals surface area contributed by atoms with Gasteiger partial charge in [0.15, 0.2) is 0 Å². The van der Waals surface area contributed by atoms with Crippen LogP contribution in [0.25, 0.3) is 0 Å². The standard InChI is InChI=1S/C4H10N2.Cu/c1-2-6-4-3-5-1;/h5-6H,1-4H2;. The SMILES string of the molecule is C1CNCCN1.[Cu]. The van der Waals surface area contributed by atoms with Crippen molar-refractivity contribution in [2.24, 2.45) is 0 Å². The number of nitrogens with one attached hydrogen (secondary N) is 2. The van der Waals surface area contributed by atoms with Crippen LogP contribution in [-0.4, -0.2) is 26.2 Å². The summed E-state index contributed by atoms with van der Waals surface area (Å²) in [7, 11) is 0. The van der Waals surface area contributed by atoms with E-state index in [4.69, 9.17) is 0 Å². The molecule has 3 heteroatoms. The van der Waals surface area contributed by atoms with E-state index < -0.39 is 0 Å². The van der Waals surface area contributed by atoms with Gasteiger partial charge in [0.05, 0.1) is 0 Å². The average Bonchev–Trinajstić information content (AvgIpc) is 1.72. The summed E-state index contributed by atoms with van der Waals surface area (Å²) in [4.78, 5) is 0. The summed E-state index contributed by atoms with van der Waals surface area (Å²) >= 11 is 0. The molecule has 7 heavy (non-hydrogen) atoms.